The van der Waals surface area contributed by atoms with E-state index in [9.17, 15) is 9.59 Å². The summed E-state index contributed by atoms with van der Waals surface area (Å²) in [4.78, 5) is 25.1. The van der Waals surface area contributed by atoms with E-state index in [1.165, 1.54) is 14.2 Å². The highest BCUT2D eigenvalue weighted by Crippen LogP contribution is 2.60. The minimum atomic E-state index is -0.801. The third-order valence-electron chi connectivity index (χ3n) is 5.52. The fourth-order valence-corrected chi connectivity index (χ4v) is 4.54. The summed E-state index contributed by atoms with van der Waals surface area (Å²) in [5.74, 6) is -0.666. The molecule has 1 fully saturated rings. The first-order valence-electron chi connectivity index (χ1n) is 7.92. The molecule has 2 atom stereocenters. The molecule has 0 saturated heterocycles. The summed E-state index contributed by atoms with van der Waals surface area (Å²) >= 11 is 0. The Balaban J connectivity index is 2.35. The summed E-state index contributed by atoms with van der Waals surface area (Å²) in [6.45, 7) is 4.01. The summed E-state index contributed by atoms with van der Waals surface area (Å²) in [7, 11) is 2.78. The largest absolute Gasteiger partial charge is 0.468 e. The van der Waals surface area contributed by atoms with Gasteiger partial charge in [-0.25, -0.2) is 4.79 Å². The predicted molar refractivity (Wildman–Crippen MR) is 86.7 cm³/mol. The van der Waals surface area contributed by atoms with Gasteiger partial charge in [0.05, 0.1) is 25.2 Å². The van der Waals surface area contributed by atoms with E-state index >= 15 is 0 Å². The van der Waals surface area contributed by atoms with Gasteiger partial charge in [-0.3, -0.25) is 4.79 Å². The third-order valence-corrected chi connectivity index (χ3v) is 5.52. The van der Waals surface area contributed by atoms with Crippen molar-refractivity contribution in [3.8, 4) is 0 Å². The van der Waals surface area contributed by atoms with Gasteiger partial charge in [0.25, 0.3) is 0 Å². The molecule has 2 aliphatic rings. The minimum absolute atomic E-state index is 0.285. The van der Waals surface area contributed by atoms with Gasteiger partial charge in [0.15, 0.2) is 0 Å². The lowest BCUT2D eigenvalue weighted by Gasteiger charge is -2.44. The Morgan fingerprint density at radius 1 is 1.04 bits per heavy atom. The zero-order valence-electron chi connectivity index (χ0n) is 14.1. The van der Waals surface area contributed by atoms with E-state index in [4.69, 9.17) is 9.47 Å². The maximum absolute atomic E-state index is 12.6. The number of fused-ring (bicyclic) bond motifs is 3. The summed E-state index contributed by atoms with van der Waals surface area (Å²) < 4.78 is 10.1. The van der Waals surface area contributed by atoms with E-state index in [0.717, 1.165) is 29.5 Å². The second-order valence-electron chi connectivity index (χ2n) is 6.80. The number of methoxy groups -OCH3 is 2. The fraction of sp³-hybridized carbons (Fsp3) is 0.474. The Labute approximate surface area is 136 Å². The number of hydrogen-bond donors (Lipinski definition) is 0. The maximum atomic E-state index is 12.6. The second-order valence-corrected chi connectivity index (χ2v) is 6.80. The van der Waals surface area contributed by atoms with Crippen LogP contribution >= 0.6 is 0 Å². The molecule has 0 heterocycles. The minimum Gasteiger partial charge on any atom is -0.468 e. The van der Waals surface area contributed by atoms with Crippen LogP contribution in [0.25, 0.3) is 5.57 Å². The Hall–Kier alpha value is -2.10. The van der Waals surface area contributed by atoms with Crippen LogP contribution in [0.15, 0.2) is 29.8 Å². The molecule has 122 valence electrons. The molecule has 2 aliphatic carbocycles. The lowest BCUT2D eigenvalue weighted by atomic mass is 9.59. The van der Waals surface area contributed by atoms with E-state index in [1.54, 1.807) is 0 Å². The molecule has 0 aliphatic heterocycles. The standard InChI is InChI=1S/C19H22O4/c1-18-10-7-11-19(2,17(21)23-4)15(18)14(16(20)22-3)12-8-5-6-9-13(12)18/h5-6,8-9H,7,10-11H2,1-4H3/t18-,19+/m0/s1. The van der Waals surface area contributed by atoms with Crippen molar-refractivity contribution in [3.63, 3.8) is 0 Å². The van der Waals surface area contributed by atoms with Crippen molar-refractivity contribution in [1.82, 2.24) is 0 Å². The number of benzene rings is 1. The smallest absolute Gasteiger partial charge is 0.338 e. The van der Waals surface area contributed by atoms with Crippen LogP contribution in [0.3, 0.4) is 0 Å². The quantitative estimate of drug-likeness (QED) is 0.786. The zero-order valence-corrected chi connectivity index (χ0v) is 14.1. The van der Waals surface area contributed by atoms with Gasteiger partial charge in [-0.1, -0.05) is 37.6 Å². The lowest BCUT2D eigenvalue weighted by molar-refractivity contribution is -0.151. The first-order chi connectivity index (χ1) is 10.9. The lowest BCUT2D eigenvalue weighted by Crippen LogP contribution is -2.43. The molecule has 0 amide bonds. The third kappa shape index (κ3) is 1.97. The Morgan fingerprint density at radius 2 is 1.74 bits per heavy atom. The van der Waals surface area contributed by atoms with Crippen molar-refractivity contribution in [2.75, 3.05) is 14.2 Å². The van der Waals surface area contributed by atoms with Crippen molar-refractivity contribution >= 4 is 17.5 Å². The molecule has 4 heteroatoms. The van der Waals surface area contributed by atoms with Gasteiger partial charge in [-0.05, 0) is 36.5 Å². The molecule has 0 aromatic heterocycles. The van der Waals surface area contributed by atoms with E-state index < -0.39 is 5.41 Å². The van der Waals surface area contributed by atoms with E-state index in [1.807, 2.05) is 31.2 Å². The van der Waals surface area contributed by atoms with E-state index in [0.29, 0.717) is 12.0 Å². The second kappa shape index (κ2) is 5.22. The Kier molecular flexibility index (Phi) is 3.58. The van der Waals surface area contributed by atoms with Gasteiger partial charge in [0, 0.05) is 5.41 Å². The normalized spacial score (nSPS) is 28.9. The van der Waals surface area contributed by atoms with Gasteiger partial charge >= 0.3 is 11.9 Å². The highest BCUT2D eigenvalue weighted by molar-refractivity contribution is 6.21. The van der Waals surface area contributed by atoms with Gasteiger partial charge < -0.3 is 9.47 Å². The molecule has 1 aromatic rings. The van der Waals surface area contributed by atoms with Gasteiger partial charge in [-0.2, -0.15) is 0 Å². The summed E-state index contributed by atoms with van der Waals surface area (Å²) in [6, 6.07) is 7.88. The number of carbonyl (C=O) groups excluding carboxylic acids is 2. The number of rotatable bonds is 2. The van der Waals surface area contributed by atoms with Crippen molar-refractivity contribution in [2.24, 2.45) is 5.41 Å². The summed E-state index contributed by atoms with van der Waals surface area (Å²) in [5, 5.41) is 0. The highest BCUT2D eigenvalue weighted by Gasteiger charge is 2.56. The number of ether oxygens (including phenoxy) is 2. The molecule has 4 nitrogen and oxygen atoms in total. The van der Waals surface area contributed by atoms with Crippen LogP contribution < -0.4 is 0 Å². The summed E-state index contributed by atoms with van der Waals surface area (Å²) in [6.07, 6.45) is 2.50. The maximum Gasteiger partial charge on any atom is 0.338 e. The number of hydrogen-bond acceptors (Lipinski definition) is 4. The molecule has 0 bridgehead atoms. The molecule has 0 unspecified atom stereocenters. The van der Waals surface area contributed by atoms with Crippen LogP contribution in [0.4, 0.5) is 0 Å². The Bertz CT molecular complexity index is 718. The Morgan fingerprint density at radius 3 is 2.39 bits per heavy atom. The first-order valence-corrected chi connectivity index (χ1v) is 7.92. The molecule has 23 heavy (non-hydrogen) atoms. The molecule has 1 aromatic carbocycles. The monoisotopic (exact) mass is 314 g/mol. The van der Waals surface area contributed by atoms with Crippen molar-refractivity contribution in [3.05, 3.63) is 41.0 Å². The van der Waals surface area contributed by atoms with Gasteiger partial charge in [-0.15, -0.1) is 0 Å². The molecule has 3 rings (SSSR count). The van der Waals surface area contributed by atoms with Crippen LogP contribution in [0.5, 0.6) is 0 Å². The topological polar surface area (TPSA) is 52.6 Å². The predicted octanol–water partition coefficient (Wildman–Crippen LogP) is 3.25. The van der Waals surface area contributed by atoms with Crippen LogP contribution in [0.2, 0.25) is 0 Å². The average Bonchev–Trinajstić information content (AvgIpc) is 2.84. The average molecular weight is 314 g/mol. The SMILES string of the molecule is COC(=O)C1=C2[C@](C)(C(=O)OC)CCC[C@@]2(C)c2ccccc21. The highest BCUT2D eigenvalue weighted by atomic mass is 16.5. The van der Waals surface area contributed by atoms with Crippen LogP contribution in [0, 0.1) is 5.41 Å². The molecule has 0 radical (unpaired) electrons. The zero-order chi connectivity index (χ0) is 16.8. The van der Waals surface area contributed by atoms with E-state index in [-0.39, 0.29) is 17.4 Å². The van der Waals surface area contributed by atoms with E-state index in [2.05, 4.69) is 6.92 Å². The van der Waals surface area contributed by atoms with Crippen LogP contribution in [-0.4, -0.2) is 26.2 Å². The molecular formula is C19H22O4. The van der Waals surface area contributed by atoms with Gasteiger partial charge in [0.2, 0.25) is 0 Å². The summed E-state index contributed by atoms with van der Waals surface area (Å²) in [5.41, 5.74) is 2.25. The van der Waals surface area contributed by atoms with Crippen LogP contribution in [-0.2, 0) is 24.5 Å². The fourth-order valence-electron chi connectivity index (χ4n) is 4.54. The molecule has 0 spiro atoms. The van der Waals surface area contributed by atoms with Crippen molar-refractivity contribution in [1.29, 1.82) is 0 Å². The number of carbonyl (C=O) groups is 2. The molecular weight excluding hydrogens is 292 g/mol. The number of esters is 2. The molecule has 1 saturated carbocycles. The molecule has 0 N–H and O–H groups in total. The van der Waals surface area contributed by atoms with Crippen LogP contribution in [0.1, 0.15) is 44.2 Å². The van der Waals surface area contributed by atoms with Crippen molar-refractivity contribution in [2.45, 2.75) is 38.5 Å². The van der Waals surface area contributed by atoms with Crippen molar-refractivity contribution < 1.29 is 19.1 Å². The first kappa shape index (κ1) is 15.8. The van der Waals surface area contributed by atoms with Gasteiger partial charge in [0.1, 0.15) is 0 Å².